The number of carbonyl (C=O) groups excluding carboxylic acids is 1. The Balaban J connectivity index is 1.34. The number of piperidine rings is 1. The maximum Gasteiger partial charge on any atom is 0.317 e. The zero-order chi connectivity index (χ0) is 15.5. The average molecular weight is 308 g/mol. The van der Waals surface area contributed by atoms with Crippen LogP contribution >= 0.6 is 0 Å². The highest BCUT2D eigenvalue weighted by molar-refractivity contribution is 5.75. The minimum absolute atomic E-state index is 0.163. The Morgan fingerprint density at radius 1 is 1.18 bits per heavy atom. The van der Waals surface area contributed by atoms with Crippen LogP contribution < -0.4 is 10.6 Å². The number of hydrogen-bond acceptors (Lipinski definition) is 3. The molecule has 3 aliphatic heterocycles. The van der Waals surface area contributed by atoms with Crippen LogP contribution in [-0.2, 0) is 0 Å². The van der Waals surface area contributed by atoms with Crippen LogP contribution in [0.5, 0.6) is 0 Å². The molecule has 0 radical (unpaired) electrons. The molecule has 2 N–H and O–H groups in total. The highest BCUT2D eigenvalue weighted by Crippen LogP contribution is 2.27. The Morgan fingerprint density at radius 2 is 1.95 bits per heavy atom. The Morgan fingerprint density at radius 3 is 2.68 bits per heavy atom. The van der Waals surface area contributed by atoms with Crippen molar-refractivity contribution in [2.75, 3.05) is 39.3 Å². The minimum atomic E-state index is 0.163. The molecule has 3 saturated heterocycles. The van der Waals surface area contributed by atoms with E-state index in [4.69, 9.17) is 0 Å². The molecule has 3 heterocycles. The Kier molecular flexibility index (Phi) is 5.24. The summed E-state index contributed by atoms with van der Waals surface area (Å²) in [4.78, 5) is 17.0. The highest BCUT2D eigenvalue weighted by atomic mass is 16.2. The number of carbonyl (C=O) groups is 1. The summed E-state index contributed by atoms with van der Waals surface area (Å²) in [6, 6.07) is 1.27. The van der Waals surface area contributed by atoms with Gasteiger partial charge in [-0.2, -0.15) is 0 Å². The van der Waals surface area contributed by atoms with E-state index in [0.717, 1.165) is 38.5 Å². The van der Waals surface area contributed by atoms with E-state index < -0.39 is 0 Å². The van der Waals surface area contributed by atoms with Crippen molar-refractivity contribution in [3.63, 3.8) is 0 Å². The number of hydrogen-bond donors (Lipinski definition) is 2. The van der Waals surface area contributed by atoms with Gasteiger partial charge in [-0.05, 0) is 64.5 Å². The SMILES string of the molecule is CC(C)N1CCC(CCNC(=O)N2CC[C@@H]3CNC[C@@H]32)CC1. The van der Waals surface area contributed by atoms with Crippen molar-refractivity contribution < 1.29 is 4.79 Å². The van der Waals surface area contributed by atoms with Crippen molar-refractivity contribution in [1.82, 2.24) is 20.4 Å². The van der Waals surface area contributed by atoms with Crippen molar-refractivity contribution >= 4 is 6.03 Å². The second-order valence-electron chi connectivity index (χ2n) is 7.56. The minimum Gasteiger partial charge on any atom is -0.338 e. The van der Waals surface area contributed by atoms with Gasteiger partial charge < -0.3 is 20.4 Å². The van der Waals surface area contributed by atoms with Crippen molar-refractivity contribution in [1.29, 1.82) is 0 Å². The molecule has 22 heavy (non-hydrogen) atoms. The number of rotatable bonds is 4. The van der Waals surface area contributed by atoms with Gasteiger partial charge in [0, 0.05) is 38.3 Å². The summed E-state index contributed by atoms with van der Waals surface area (Å²) >= 11 is 0. The molecule has 5 nitrogen and oxygen atoms in total. The van der Waals surface area contributed by atoms with Crippen LogP contribution in [0.4, 0.5) is 4.79 Å². The lowest BCUT2D eigenvalue weighted by Crippen LogP contribution is -2.45. The third kappa shape index (κ3) is 3.57. The first-order chi connectivity index (χ1) is 10.6. The van der Waals surface area contributed by atoms with Crippen molar-refractivity contribution in [2.45, 2.75) is 51.6 Å². The molecular weight excluding hydrogens is 276 g/mol. The molecule has 0 aromatic heterocycles. The van der Waals surface area contributed by atoms with Gasteiger partial charge in [0.1, 0.15) is 0 Å². The summed E-state index contributed by atoms with van der Waals surface area (Å²) in [6.45, 7) is 10.8. The van der Waals surface area contributed by atoms with Crippen LogP contribution in [-0.4, -0.2) is 67.2 Å². The molecule has 3 aliphatic rings. The molecule has 0 aliphatic carbocycles. The second kappa shape index (κ2) is 7.18. The maximum atomic E-state index is 12.3. The summed E-state index contributed by atoms with van der Waals surface area (Å²) in [5, 5.41) is 6.57. The van der Waals surface area contributed by atoms with Gasteiger partial charge in [0.05, 0.1) is 0 Å². The third-order valence-electron chi connectivity index (χ3n) is 5.91. The normalized spacial score (nSPS) is 30.0. The molecule has 0 saturated carbocycles. The van der Waals surface area contributed by atoms with Gasteiger partial charge in [-0.3, -0.25) is 0 Å². The molecule has 2 amide bonds. The van der Waals surface area contributed by atoms with E-state index in [2.05, 4.69) is 34.3 Å². The number of nitrogens with one attached hydrogen (secondary N) is 2. The van der Waals surface area contributed by atoms with E-state index in [-0.39, 0.29) is 6.03 Å². The maximum absolute atomic E-state index is 12.3. The fraction of sp³-hybridized carbons (Fsp3) is 0.941. The summed E-state index contributed by atoms with van der Waals surface area (Å²) in [6.07, 6.45) is 4.87. The molecule has 126 valence electrons. The van der Waals surface area contributed by atoms with E-state index in [1.807, 2.05) is 0 Å². The lowest BCUT2D eigenvalue weighted by molar-refractivity contribution is 0.144. The molecule has 3 fully saturated rings. The number of nitrogens with zero attached hydrogens (tertiary/aromatic N) is 2. The first kappa shape index (κ1) is 16.1. The van der Waals surface area contributed by atoms with Gasteiger partial charge in [0.2, 0.25) is 0 Å². The largest absolute Gasteiger partial charge is 0.338 e. The quantitative estimate of drug-likeness (QED) is 0.827. The summed E-state index contributed by atoms with van der Waals surface area (Å²) in [7, 11) is 0. The molecule has 0 aromatic rings. The second-order valence-corrected chi connectivity index (χ2v) is 7.56. The fourth-order valence-corrected chi connectivity index (χ4v) is 4.34. The molecule has 0 spiro atoms. The smallest absolute Gasteiger partial charge is 0.317 e. The molecule has 3 rings (SSSR count). The Bertz CT molecular complexity index is 379. The van der Waals surface area contributed by atoms with Crippen molar-refractivity contribution in [3.8, 4) is 0 Å². The van der Waals surface area contributed by atoms with Gasteiger partial charge in [-0.25, -0.2) is 4.79 Å². The number of likely N-dealkylation sites (tertiary alicyclic amines) is 2. The van der Waals surface area contributed by atoms with E-state index in [1.54, 1.807) is 0 Å². The van der Waals surface area contributed by atoms with Gasteiger partial charge in [-0.15, -0.1) is 0 Å². The average Bonchev–Trinajstić information content (AvgIpc) is 3.10. The Hall–Kier alpha value is -0.810. The zero-order valence-electron chi connectivity index (χ0n) is 14.2. The zero-order valence-corrected chi connectivity index (χ0v) is 14.2. The van der Waals surface area contributed by atoms with E-state index >= 15 is 0 Å². The predicted molar refractivity (Wildman–Crippen MR) is 88.9 cm³/mol. The summed E-state index contributed by atoms with van der Waals surface area (Å²) < 4.78 is 0. The molecular formula is C17H32N4O. The third-order valence-corrected chi connectivity index (χ3v) is 5.91. The van der Waals surface area contributed by atoms with Crippen molar-refractivity contribution in [3.05, 3.63) is 0 Å². The first-order valence-corrected chi connectivity index (χ1v) is 9.14. The Labute approximate surface area is 134 Å². The van der Waals surface area contributed by atoms with E-state index in [1.165, 1.54) is 32.4 Å². The predicted octanol–water partition coefficient (Wildman–Crippen LogP) is 1.50. The van der Waals surface area contributed by atoms with Crippen LogP contribution in [0.1, 0.15) is 39.5 Å². The number of urea groups is 1. The summed E-state index contributed by atoms with van der Waals surface area (Å²) in [5.74, 6) is 1.47. The van der Waals surface area contributed by atoms with Crippen LogP contribution in [0.25, 0.3) is 0 Å². The lowest BCUT2D eigenvalue weighted by Gasteiger charge is -2.34. The van der Waals surface area contributed by atoms with E-state index in [9.17, 15) is 4.79 Å². The molecule has 0 unspecified atom stereocenters. The van der Waals surface area contributed by atoms with Gasteiger partial charge in [-0.1, -0.05) is 0 Å². The molecule has 0 bridgehead atoms. The summed E-state index contributed by atoms with van der Waals surface area (Å²) in [5.41, 5.74) is 0. The standard InChI is InChI=1S/C17H32N4O/c1-13(2)20-8-4-14(5-9-20)3-7-19-17(22)21-10-6-15-11-18-12-16(15)21/h13-16,18H,3-12H2,1-2H3,(H,19,22)/t15-,16+/m1/s1. The van der Waals surface area contributed by atoms with E-state index in [0.29, 0.717) is 18.0 Å². The molecule has 2 atom stereocenters. The molecule has 5 heteroatoms. The van der Waals surface area contributed by atoms with Gasteiger partial charge >= 0.3 is 6.03 Å². The fourth-order valence-electron chi connectivity index (χ4n) is 4.34. The van der Waals surface area contributed by atoms with Gasteiger partial charge in [0.15, 0.2) is 0 Å². The van der Waals surface area contributed by atoms with Crippen LogP contribution in [0.2, 0.25) is 0 Å². The first-order valence-electron chi connectivity index (χ1n) is 9.14. The topological polar surface area (TPSA) is 47.6 Å². The number of amides is 2. The monoisotopic (exact) mass is 308 g/mol. The van der Waals surface area contributed by atoms with Gasteiger partial charge in [0.25, 0.3) is 0 Å². The lowest BCUT2D eigenvalue weighted by atomic mass is 9.93. The number of fused-ring (bicyclic) bond motifs is 1. The van der Waals surface area contributed by atoms with Crippen LogP contribution in [0, 0.1) is 11.8 Å². The van der Waals surface area contributed by atoms with Crippen LogP contribution in [0.3, 0.4) is 0 Å². The van der Waals surface area contributed by atoms with Crippen molar-refractivity contribution in [2.24, 2.45) is 11.8 Å². The highest BCUT2D eigenvalue weighted by Gasteiger charge is 2.39. The molecule has 0 aromatic carbocycles. The van der Waals surface area contributed by atoms with Crippen LogP contribution in [0.15, 0.2) is 0 Å².